The van der Waals surface area contributed by atoms with Crippen LogP contribution in [0.1, 0.15) is 12.1 Å². The van der Waals surface area contributed by atoms with Crippen LogP contribution in [-0.4, -0.2) is 22.9 Å². The normalized spacial score (nSPS) is 11.7. The van der Waals surface area contributed by atoms with Gasteiger partial charge in [-0.15, -0.1) is 0 Å². The third-order valence-electron chi connectivity index (χ3n) is 2.78. The fraction of sp³-hybridized carbons (Fsp3) is 0.308. The van der Waals surface area contributed by atoms with Gasteiger partial charge in [0.05, 0.1) is 0 Å². The van der Waals surface area contributed by atoms with Gasteiger partial charge in [0.2, 0.25) is 0 Å². The van der Waals surface area contributed by atoms with Gasteiger partial charge in [0, 0.05) is 18.4 Å². The van der Waals surface area contributed by atoms with E-state index in [1.807, 2.05) is 0 Å². The second-order valence-electron chi connectivity index (χ2n) is 4.38. The molecule has 1 heterocycles. The van der Waals surface area contributed by atoms with E-state index in [0.717, 1.165) is 23.4 Å². The molecule has 0 unspecified atom stereocenters. The first-order valence-electron chi connectivity index (χ1n) is 6.28. The summed E-state index contributed by atoms with van der Waals surface area (Å²) in [6, 6.07) is 4.95. The molecule has 8 heteroatoms. The van der Waals surface area contributed by atoms with Gasteiger partial charge in [-0.05, 0) is 37.2 Å². The van der Waals surface area contributed by atoms with E-state index in [1.165, 1.54) is 12.1 Å². The molecule has 0 aliphatic heterocycles. The van der Waals surface area contributed by atoms with Crippen LogP contribution in [0, 0.1) is 5.82 Å². The summed E-state index contributed by atoms with van der Waals surface area (Å²) in [5.41, 5.74) is 4.77. The number of alkyl halides is 3. The Kier molecular flexibility index (Phi) is 4.46. The number of anilines is 1. The Labute approximate surface area is 118 Å². The second kappa shape index (κ2) is 6.13. The minimum atomic E-state index is -4.55. The Morgan fingerprint density at radius 1 is 1.24 bits per heavy atom. The van der Waals surface area contributed by atoms with Crippen molar-refractivity contribution in [3.05, 3.63) is 42.0 Å². The minimum Gasteiger partial charge on any atom is -0.385 e. The fourth-order valence-corrected chi connectivity index (χ4v) is 1.75. The van der Waals surface area contributed by atoms with Gasteiger partial charge < -0.3 is 11.1 Å². The zero-order valence-corrected chi connectivity index (χ0v) is 11.0. The van der Waals surface area contributed by atoms with Crippen LogP contribution in [0.4, 0.5) is 23.2 Å². The van der Waals surface area contributed by atoms with Gasteiger partial charge in [0.15, 0.2) is 11.5 Å². The van der Waals surface area contributed by atoms with Crippen molar-refractivity contribution in [2.24, 2.45) is 5.73 Å². The lowest BCUT2D eigenvalue weighted by Crippen LogP contribution is -2.09. The molecular formula is C13H14F4N4. The summed E-state index contributed by atoms with van der Waals surface area (Å²) >= 11 is 0. The molecule has 1 aromatic heterocycles. The number of nitrogens with zero attached hydrogens (tertiary/aromatic N) is 2. The van der Waals surface area contributed by atoms with Crippen molar-refractivity contribution in [2.45, 2.75) is 12.6 Å². The number of hydrogen-bond acceptors (Lipinski definition) is 3. The molecule has 0 aliphatic rings. The van der Waals surface area contributed by atoms with E-state index in [4.69, 9.17) is 5.73 Å². The molecule has 2 aromatic rings. The first-order chi connectivity index (χ1) is 9.91. The monoisotopic (exact) mass is 302 g/mol. The molecule has 0 spiro atoms. The van der Waals surface area contributed by atoms with Gasteiger partial charge in [-0.2, -0.15) is 18.3 Å². The van der Waals surface area contributed by atoms with Crippen molar-refractivity contribution in [1.82, 2.24) is 9.78 Å². The lowest BCUT2D eigenvalue weighted by atomic mass is 10.2. The van der Waals surface area contributed by atoms with Crippen molar-refractivity contribution in [3.8, 4) is 5.69 Å². The lowest BCUT2D eigenvalue weighted by Gasteiger charge is -2.08. The largest absolute Gasteiger partial charge is 0.435 e. The van der Waals surface area contributed by atoms with E-state index in [-0.39, 0.29) is 5.69 Å². The highest BCUT2D eigenvalue weighted by Crippen LogP contribution is 2.28. The maximum Gasteiger partial charge on any atom is 0.435 e. The molecular weight excluding hydrogens is 288 g/mol. The molecule has 4 nitrogen and oxygen atoms in total. The predicted octanol–water partition coefficient (Wildman–Crippen LogP) is 2.79. The molecule has 2 rings (SSSR count). The second-order valence-corrected chi connectivity index (χ2v) is 4.38. The zero-order chi connectivity index (χ0) is 15.5. The van der Waals surface area contributed by atoms with E-state index in [9.17, 15) is 17.6 Å². The molecule has 0 fully saturated rings. The molecule has 0 atom stereocenters. The highest BCUT2D eigenvalue weighted by Gasteiger charge is 2.33. The van der Waals surface area contributed by atoms with Gasteiger partial charge in [0.25, 0.3) is 0 Å². The maximum atomic E-state index is 13.9. The third-order valence-corrected chi connectivity index (χ3v) is 2.78. The number of aromatic nitrogens is 2. The van der Waals surface area contributed by atoms with Crippen LogP contribution >= 0.6 is 0 Å². The van der Waals surface area contributed by atoms with Crippen molar-refractivity contribution in [1.29, 1.82) is 0 Å². The van der Waals surface area contributed by atoms with Crippen molar-refractivity contribution >= 4 is 5.69 Å². The number of halogens is 4. The lowest BCUT2D eigenvalue weighted by molar-refractivity contribution is -0.141. The fourth-order valence-electron chi connectivity index (χ4n) is 1.75. The van der Waals surface area contributed by atoms with Gasteiger partial charge in [0.1, 0.15) is 5.69 Å². The Hall–Kier alpha value is -2.09. The topological polar surface area (TPSA) is 55.9 Å². The molecule has 0 radical (unpaired) electrons. The summed E-state index contributed by atoms with van der Waals surface area (Å²) in [5.74, 6) is -0.662. The van der Waals surface area contributed by atoms with E-state index in [0.29, 0.717) is 18.8 Å². The van der Waals surface area contributed by atoms with Gasteiger partial charge in [-0.3, -0.25) is 0 Å². The van der Waals surface area contributed by atoms with Crippen LogP contribution < -0.4 is 11.1 Å². The molecule has 114 valence electrons. The summed E-state index contributed by atoms with van der Waals surface area (Å²) in [4.78, 5) is 0. The Bertz CT molecular complexity index is 606. The van der Waals surface area contributed by atoms with E-state index in [2.05, 4.69) is 10.4 Å². The summed E-state index contributed by atoms with van der Waals surface area (Å²) in [7, 11) is 0. The van der Waals surface area contributed by atoms with E-state index >= 15 is 0 Å². The Morgan fingerprint density at radius 2 is 2.00 bits per heavy atom. The van der Waals surface area contributed by atoms with Crippen molar-refractivity contribution < 1.29 is 17.6 Å². The van der Waals surface area contributed by atoms with Crippen LogP contribution in [0.25, 0.3) is 5.69 Å². The average Bonchev–Trinajstić information content (AvgIpc) is 2.88. The molecule has 21 heavy (non-hydrogen) atoms. The highest BCUT2D eigenvalue weighted by atomic mass is 19.4. The number of hydrogen-bond donors (Lipinski definition) is 2. The molecule has 0 saturated carbocycles. The van der Waals surface area contributed by atoms with Crippen LogP contribution in [0.15, 0.2) is 30.5 Å². The quantitative estimate of drug-likeness (QED) is 0.659. The van der Waals surface area contributed by atoms with Crippen molar-refractivity contribution in [3.63, 3.8) is 0 Å². The third kappa shape index (κ3) is 3.72. The Balaban J connectivity index is 2.19. The standard InChI is InChI=1S/C13H14F4N4/c14-10-8-9(19-6-1-5-18)2-3-11(10)21-7-4-12(20-21)13(15,16)17/h2-4,7-8,19H,1,5-6,18H2. The highest BCUT2D eigenvalue weighted by molar-refractivity contribution is 5.49. The number of benzene rings is 1. The van der Waals surface area contributed by atoms with Gasteiger partial charge >= 0.3 is 6.18 Å². The minimum absolute atomic E-state index is 0.0464. The number of rotatable bonds is 5. The van der Waals surface area contributed by atoms with Crippen LogP contribution in [-0.2, 0) is 6.18 Å². The maximum absolute atomic E-state index is 13.9. The zero-order valence-electron chi connectivity index (χ0n) is 11.0. The molecule has 1 aromatic carbocycles. The van der Waals surface area contributed by atoms with Crippen LogP contribution in [0.2, 0.25) is 0 Å². The summed E-state index contributed by atoms with van der Waals surface area (Å²) in [6.07, 6.45) is -2.74. The molecule has 0 saturated heterocycles. The van der Waals surface area contributed by atoms with Crippen LogP contribution in [0.5, 0.6) is 0 Å². The molecule has 0 bridgehead atoms. The van der Waals surface area contributed by atoms with E-state index < -0.39 is 17.7 Å². The average molecular weight is 302 g/mol. The molecule has 3 N–H and O–H groups in total. The molecule has 0 aliphatic carbocycles. The predicted molar refractivity (Wildman–Crippen MR) is 70.7 cm³/mol. The number of nitrogens with two attached hydrogens (primary N) is 1. The first kappa shape index (κ1) is 15.3. The smallest absolute Gasteiger partial charge is 0.385 e. The summed E-state index contributed by atoms with van der Waals surface area (Å²) < 4.78 is 52.2. The number of nitrogens with one attached hydrogen (secondary N) is 1. The van der Waals surface area contributed by atoms with Gasteiger partial charge in [-0.25, -0.2) is 9.07 Å². The van der Waals surface area contributed by atoms with Crippen LogP contribution in [0.3, 0.4) is 0 Å². The van der Waals surface area contributed by atoms with Gasteiger partial charge in [-0.1, -0.05) is 0 Å². The SMILES string of the molecule is NCCCNc1ccc(-n2ccc(C(F)(F)F)n2)c(F)c1. The first-order valence-corrected chi connectivity index (χ1v) is 6.28. The Morgan fingerprint density at radius 3 is 2.57 bits per heavy atom. The van der Waals surface area contributed by atoms with Crippen molar-refractivity contribution in [2.75, 3.05) is 18.4 Å². The summed E-state index contributed by atoms with van der Waals surface area (Å²) in [5, 5.41) is 6.30. The summed E-state index contributed by atoms with van der Waals surface area (Å²) in [6.45, 7) is 1.11. The molecule has 0 amide bonds. The van der Waals surface area contributed by atoms with E-state index in [1.54, 1.807) is 6.07 Å².